The predicted molar refractivity (Wildman–Crippen MR) is 90.7 cm³/mol. The normalized spacial score (nSPS) is 23.8. The Morgan fingerprint density at radius 3 is 2.95 bits per heavy atom. The fourth-order valence-corrected chi connectivity index (χ4v) is 3.40. The Labute approximate surface area is 134 Å². The number of benzene rings is 1. The third-order valence-electron chi connectivity index (χ3n) is 4.55. The molecule has 0 radical (unpaired) electrons. The molecule has 1 aliphatic rings. The highest BCUT2D eigenvalue weighted by Gasteiger charge is 2.48. The molecule has 4 heteroatoms. The fraction of sp³-hybridized carbons (Fsp3) is 0.471. The van der Waals surface area contributed by atoms with E-state index in [2.05, 4.69) is 71.3 Å². The van der Waals surface area contributed by atoms with Crippen LogP contribution in [0.3, 0.4) is 0 Å². The van der Waals surface area contributed by atoms with E-state index in [0.29, 0.717) is 12.1 Å². The van der Waals surface area contributed by atoms with Gasteiger partial charge >= 0.3 is 0 Å². The maximum absolute atomic E-state index is 5.80. The molecule has 1 saturated carbocycles. The van der Waals surface area contributed by atoms with Crippen molar-refractivity contribution in [2.24, 2.45) is 5.41 Å². The first-order valence-corrected chi connectivity index (χ1v) is 8.24. The van der Waals surface area contributed by atoms with Crippen molar-refractivity contribution in [2.75, 3.05) is 11.9 Å². The minimum Gasteiger partial charge on any atom is -0.380 e. The average molecular weight is 349 g/mol. The number of hydrogen-bond acceptors (Lipinski definition) is 3. The summed E-state index contributed by atoms with van der Waals surface area (Å²) < 4.78 is 6.81. The van der Waals surface area contributed by atoms with Gasteiger partial charge in [0.1, 0.15) is 0 Å². The molecule has 1 fully saturated rings. The molecule has 1 aliphatic carbocycles. The van der Waals surface area contributed by atoms with Crippen LogP contribution in [0.15, 0.2) is 34.9 Å². The second-order valence-corrected chi connectivity index (χ2v) is 7.14. The van der Waals surface area contributed by atoms with E-state index in [1.807, 2.05) is 6.20 Å². The Hall–Kier alpha value is -1.13. The van der Waals surface area contributed by atoms with Gasteiger partial charge < -0.3 is 10.1 Å². The van der Waals surface area contributed by atoms with Crippen LogP contribution < -0.4 is 5.32 Å². The lowest BCUT2D eigenvalue weighted by molar-refractivity contribution is -0.0975. The molecule has 1 aromatic heterocycles. The largest absolute Gasteiger partial charge is 0.380 e. The molecule has 2 aromatic rings. The molecule has 0 spiro atoms. The van der Waals surface area contributed by atoms with E-state index in [4.69, 9.17) is 4.74 Å². The minimum absolute atomic E-state index is 0.146. The summed E-state index contributed by atoms with van der Waals surface area (Å²) in [5, 5.41) is 4.81. The molecule has 2 atom stereocenters. The van der Waals surface area contributed by atoms with Crippen molar-refractivity contribution < 1.29 is 4.74 Å². The average Bonchev–Trinajstić information content (AvgIpc) is 2.46. The Kier molecular flexibility index (Phi) is 3.93. The highest BCUT2D eigenvalue weighted by Crippen LogP contribution is 2.44. The number of ether oxygens (including phenoxy) is 1. The zero-order valence-corrected chi connectivity index (χ0v) is 14.3. The lowest BCUT2D eigenvalue weighted by Crippen LogP contribution is -2.58. The summed E-state index contributed by atoms with van der Waals surface area (Å²) in [6.07, 6.45) is 3.24. The second-order valence-electron chi connectivity index (χ2n) is 6.23. The molecule has 2 unspecified atom stereocenters. The van der Waals surface area contributed by atoms with Crippen LogP contribution in [0, 0.1) is 5.41 Å². The number of nitrogens with one attached hydrogen (secondary N) is 1. The van der Waals surface area contributed by atoms with E-state index in [1.165, 1.54) is 0 Å². The number of hydrogen-bond donors (Lipinski definition) is 1. The number of pyridine rings is 1. The Balaban J connectivity index is 1.83. The topological polar surface area (TPSA) is 34.1 Å². The summed E-state index contributed by atoms with van der Waals surface area (Å²) in [4.78, 5) is 4.55. The highest BCUT2D eigenvalue weighted by molar-refractivity contribution is 9.10. The summed E-state index contributed by atoms with van der Waals surface area (Å²) in [7, 11) is 0. The number of aromatic nitrogens is 1. The standard InChI is InChI=1S/C17H21BrN2O/c1-4-21-15-9-14(17(15,2)3)20-13-7-5-6-11-8-12(18)10-19-16(11)13/h5-8,10,14-15,20H,4,9H2,1-3H3. The third-order valence-corrected chi connectivity index (χ3v) is 4.99. The first-order chi connectivity index (χ1) is 10.0. The predicted octanol–water partition coefficient (Wildman–Crippen LogP) is 4.61. The molecule has 0 saturated heterocycles. The Bertz CT molecular complexity index is 656. The molecular weight excluding hydrogens is 328 g/mol. The van der Waals surface area contributed by atoms with Gasteiger partial charge in [-0.25, -0.2) is 0 Å². The Morgan fingerprint density at radius 2 is 2.24 bits per heavy atom. The number of fused-ring (bicyclic) bond motifs is 1. The molecule has 112 valence electrons. The van der Waals surface area contributed by atoms with E-state index in [0.717, 1.165) is 34.1 Å². The van der Waals surface area contributed by atoms with Crippen molar-refractivity contribution in [2.45, 2.75) is 39.3 Å². The van der Waals surface area contributed by atoms with E-state index in [1.54, 1.807) is 0 Å². The lowest BCUT2D eigenvalue weighted by atomic mass is 9.64. The van der Waals surface area contributed by atoms with E-state index in [-0.39, 0.29) is 5.41 Å². The lowest BCUT2D eigenvalue weighted by Gasteiger charge is -2.52. The van der Waals surface area contributed by atoms with E-state index in [9.17, 15) is 0 Å². The quantitative estimate of drug-likeness (QED) is 0.875. The van der Waals surface area contributed by atoms with Gasteiger partial charge in [-0.05, 0) is 41.4 Å². The first-order valence-electron chi connectivity index (χ1n) is 7.44. The molecule has 1 aromatic carbocycles. The fourth-order valence-electron chi connectivity index (χ4n) is 3.05. The zero-order chi connectivity index (χ0) is 15.0. The Morgan fingerprint density at radius 1 is 1.43 bits per heavy atom. The smallest absolute Gasteiger partial charge is 0.0934 e. The molecular formula is C17H21BrN2O. The summed E-state index contributed by atoms with van der Waals surface area (Å²) >= 11 is 3.48. The van der Waals surface area contributed by atoms with Crippen molar-refractivity contribution in [3.63, 3.8) is 0 Å². The monoisotopic (exact) mass is 348 g/mol. The van der Waals surface area contributed by atoms with Crippen LogP contribution in [0.2, 0.25) is 0 Å². The summed E-state index contributed by atoms with van der Waals surface area (Å²) in [5.74, 6) is 0. The van der Waals surface area contributed by atoms with Gasteiger partial charge in [0.25, 0.3) is 0 Å². The van der Waals surface area contributed by atoms with Gasteiger partial charge in [0.15, 0.2) is 0 Å². The van der Waals surface area contributed by atoms with Crippen molar-refractivity contribution in [1.82, 2.24) is 4.98 Å². The third kappa shape index (κ3) is 2.67. The van der Waals surface area contributed by atoms with Gasteiger partial charge in [-0.1, -0.05) is 26.0 Å². The maximum Gasteiger partial charge on any atom is 0.0934 e. The summed E-state index contributed by atoms with van der Waals surface area (Å²) in [6.45, 7) is 7.38. The molecule has 21 heavy (non-hydrogen) atoms. The molecule has 3 rings (SSSR count). The minimum atomic E-state index is 0.146. The molecule has 1 heterocycles. The van der Waals surface area contributed by atoms with Crippen molar-refractivity contribution in [3.8, 4) is 0 Å². The van der Waals surface area contributed by atoms with E-state index >= 15 is 0 Å². The van der Waals surface area contributed by atoms with Crippen LogP contribution in [0.1, 0.15) is 27.2 Å². The molecule has 0 aliphatic heterocycles. The van der Waals surface area contributed by atoms with Gasteiger partial charge in [-0.15, -0.1) is 0 Å². The number of rotatable bonds is 4. The number of halogens is 1. The van der Waals surface area contributed by atoms with Crippen LogP contribution in [-0.2, 0) is 4.74 Å². The second kappa shape index (κ2) is 5.58. The van der Waals surface area contributed by atoms with Gasteiger partial charge in [0.05, 0.1) is 17.3 Å². The van der Waals surface area contributed by atoms with Gasteiger partial charge in [-0.2, -0.15) is 0 Å². The van der Waals surface area contributed by atoms with Crippen LogP contribution in [-0.4, -0.2) is 23.7 Å². The zero-order valence-electron chi connectivity index (χ0n) is 12.7. The van der Waals surface area contributed by atoms with Crippen LogP contribution in [0.4, 0.5) is 5.69 Å². The van der Waals surface area contributed by atoms with Crippen molar-refractivity contribution in [1.29, 1.82) is 0 Å². The number of anilines is 1. The van der Waals surface area contributed by atoms with Gasteiger partial charge in [0, 0.05) is 34.1 Å². The first kappa shape index (κ1) is 14.8. The van der Waals surface area contributed by atoms with Crippen LogP contribution in [0.25, 0.3) is 10.9 Å². The van der Waals surface area contributed by atoms with Crippen LogP contribution >= 0.6 is 15.9 Å². The molecule has 3 nitrogen and oxygen atoms in total. The molecule has 0 bridgehead atoms. The van der Waals surface area contributed by atoms with Gasteiger partial charge in [-0.3, -0.25) is 4.98 Å². The van der Waals surface area contributed by atoms with Gasteiger partial charge in [0.2, 0.25) is 0 Å². The van der Waals surface area contributed by atoms with Crippen molar-refractivity contribution in [3.05, 3.63) is 34.9 Å². The van der Waals surface area contributed by atoms with Crippen LogP contribution in [0.5, 0.6) is 0 Å². The van der Waals surface area contributed by atoms with E-state index < -0.39 is 0 Å². The molecule has 1 N–H and O–H groups in total. The highest BCUT2D eigenvalue weighted by atomic mass is 79.9. The molecule has 0 amide bonds. The van der Waals surface area contributed by atoms with Crippen molar-refractivity contribution >= 4 is 32.5 Å². The number of para-hydroxylation sites is 1. The summed E-state index contributed by atoms with van der Waals surface area (Å²) in [6, 6.07) is 8.79. The number of nitrogens with zero attached hydrogens (tertiary/aromatic N) is 1. The maximum atomic E-state index is 5.80. The SMILES string of the molecule is CCOC1CC(Nc2cccc3cc(Br)cnc23)C1(C)C. The summed E-state index contributed by atoms with van der Waals surface area (Å²) in [5.41, 5.74) is 2.28.